The Hall–Kier alpha value is -3.85. The summed E-state index contributed by atoms with van der Waals surface area (Å²) in [6.45, 7) is 3.90. The van der Waals surface area contributed by atoms with Gasteiger partial charge in [0.25, 0.3) is 0 Å². The van der Waals surface area contributed by atoms with Gasteiger partial charge in [-0.25, -0.2) is 0 Å². The van der Waals surface area contributed by atoms with Crippen LogP contribution in [0.25, 0.3) is 11.1 Å². The van der Waals surface area contributed by atoms with E-state index in [4.69, 9.17) is 0 Å². The molecule has 1 unspecified atom stereocenters. The topological polar surface area (TPSA) is 40.5 Å². The standard InChI is InChI=1S/C28H23NO2/c1-18-19(2)27(30)24(20-11-5-3-6-12-20)17-23(18)26-22-15-9-10-16-25(22)29(28(26)31)21-13-7-4-8-14-21/h3-17,26,30H,1-2H3. The zero-order chi connectivity index (χ0) is 21.5. The van der Waals surface area contributed by atoms with Gasteiger partial charge in [0.1, 0.15) is 5.75 Å². The summed E-state index contributed by atoms with van der Waals surface area (Å²) in [5.41, 5.74) is 7.13. The quantitative estimate of drug-likeness (QED) is 0.423. The second-order valence-corrected chi connectivity index (χ2v) is 7.98. The van der Waals surface area contributed by atoms with Crippen molar-refractivity contribution in [1.29, 1.82) is 0 Å². The summed E-state index contributed by atoms with van der Waals surface area (Å²) in [5, 5.41) is 10.9. The van der Waals surface area contributed by atoms with Crippen LogP contribution in [0.15, 0.2) is 91.0 Å². The van der Waals surface area contributed by atoms with Gasteiger partial charge in [-0.3, -0.25) is 9.69 Å². The molecule has 0 saturated heterocycles. The molecule has 0 bridgehead atoms. The monoisotopic (exact) mass is 405 g/mol. The molecule has 0 aromatic heterocycles. The highest BCUT2D eigenvalue weighted by atomic mass is 16.3. The van der Waals surface area contributed by atoms with Crippen molar-refractivity contribution >= 4 is 17.3 Å². The second kappa shape index (κ2) is 7.44. The van der Waals surface area contributed by atoms with Crippen LogP contribution in [0.1, 0.15) is 28.2 Å². The fourth-order valence-corrected chi connectivity index (χ4v) is 4.53. The van der Waals surface area contributed by atoms with Crippen LogP contribution in [0.5, 0.6) is 5.75 Å². The highest BCUT2D eigenvalue weighted by molar-refractivity contribution is 6.12. The number of amides is 1. The summed E-state index contributed by atoms with van der Waals surface area (Å²) in [6.07, 6.45) is 0. The van der Waals surface area contributed by atoms with Gasteiger partial charge in [-0.2, -0.15) is 0 Å². The number of para-hydroxylation sites is 2. The number of benzene rings is 4. The molecule has 1 atom stereocenters. The number of phenols is 1. The molecule has 1 aliphatic heterocycles. The van der Waals surface area contributed by atoms with Crippen LogP contribution in [0.4, 0.5) is 11.4 Å². The number of anilines is 2. The number of carbonyl (C=O) groups is 1. The van der Waals surface area contributed by atoms with Crippen molar-refractivity contribution in [2.45, 2.75) is 19.8 Å². The minimum atomic E-state index is -0.418. The molecule has 1 amide bonds. The maximum absolute atomic E-state index is 13.8. The van der Waals surface area contributed by atoms with E-state index in [0.717, 1.165) is 44.8 Å². The van der Waals surface area contributed by atoms with Gasteiger partial charge in [-0.1, -0.05) is 66.7 Å². The predicted molar refractivity (Wildman–Crippen MR) is 125 cm³/mol. The van der Waals surface area contributed by atoms with Crippen LogP contribution >= 0.6 is 0 Å². The first-order valence-corrected chi connectivity index (χ1v) is 10.4. The summed E-state index contributed by atoms with van der Waals surface area (Å²) in [6, 6.07) is 29.6. The number of hydrogen-bond donors (Lipinski definition) is 1. The zero-order valence-electron chi connectivity index (χ0n) is 17.5. The van der Waals surface area contributed by atoms with Crippen LogP contribution < -0.4 is 4.90 Å². The Morgan fingerprint density at radius 3 is 2.06 bits per heavy atom. The first-order valence-electron chi connectivity index (χ1n) is 10.4. The molecule has 1 heterocycles. The lowest BCUT2D eigenvalue weighted by atomic mass is 9.85. The molecule has 0 radical (unpaired) electrons. The first-order chi connectivity index (χ1) is 15.1. The van der Waals surface area contributed by atoms with Crippen LogP contribution in [-0.2, 0) is 4.79 Å². The first kappa shape index (κ1) is 19.1. The molecule has 0 aliphatic carbocycles. The van der Waals surface area contributed by atoms with Crippen molar-refractivity contribution in [3.8, 4) is 16.9 Å². The smallest absolute Gasteiger partial charge is 0.243 e. The van der Waals surface area contributed by atoms with E-state index in [1.165, 1.54) is 0 Å². The Balaban J connectivity index is 1.72. The Morgan fingerprint density at radius 1 is 0.742 bits per heavy atom. The third-order valence-electron chi connectivity index (χ3n) is 6.27. The van der Waals surface area contributed by atoms with Crippen molar-refractivity contribution in [3.63, 3.8) is 0 Å². The number of nitrogens with zero attached hydrogens (tertiary/aromatic N) is 1. The molecule has 1 N–H and O–H groups in total. The van der Waals surface area contributed by atoms with Gasteiger partial charge < -0.3 is 5.11 Å². The Bertz CT molecular complexity index is 1280. The Morgan fingerprint density at radius 2 is 1.35 bits per heavy atom. The number of rotatable bonds is 3. The number of aromatic hydroxyl groups is 1. The molecule has 4 aromatic rings. The lowest BCUT2D eigenvalue weighted by molar-refractivity contribution is -0.117. The van der Waals surface area contributed by atoms with Gasteiger partial charge >= 0.3 is 0 Å². The maximum Gasteiger partial charge on any atom is 0.243 e. The zero-order valence-corrected chi connectivity index (χ0v) is 17.5. The fraction of sp³-hybridized carbons (Fsp3) is 0.107. The number of fused-ring (bicyclic) bond motifs is 1. The molecule has 3 nitrogen and oxygen atoms in total. The van der Waals surface area contributed by atoms with Gasteiger partial charge in [-0.05, 0) is 65.9 Å². The van der Waals surface area contributed by atoms with Crippen molar-refractivity contribution in [2.75, 3.05) is 4.90 Å². The van der Waals surface area contributed by atoms with Gasteiger partial charge in [0.05, 0.1) is 11.6 Å². The van der Waals surface area contributed by atoms with Gasteiger partial charge in [0.15, 0.2) is 0 Å². The minimum Gasteiger partial charge on any atom is -0.507 e. The molecule has 1 aliphatic rings. The number of hydrogen-bond acceptors (Lipinski definition) is 2. The summed E-state index contributed by atoms with van der Waals surface area (Å²) in [4.78, 5) is 15.6. The summed E-state index contributed by atoms with van der Waals surface area (Å²) >= 11 is 0. The predicted octanol–water partition coefficient (Wildman–Crippen LogP) is 6.49. The van der Waals surface area contributed by atoms with Crippen molar-refractivity contribution < 1.29 is 9.90 Å². The largest absolute Gasteiger partial charge is 0.507 e. The average Bonchev–Trinajstić information content (AvgIpc) is 3.10. The third kappa shape index (κ3) is 3.01. The van der Waals surface area contributed by atoms with Crippen LogP contribution in [0.2, 0.25) is 0 Å². The maximum atomic E-state index is 13.8. The Kier molecular flexibility index (Phi) is 4.59. The van der Waals surface area contributed by atoms with E-state index in [2.05, 4.69) is 0 Å². The van der Waals surface area contributed by atoms with E-state index >= 15 is 0 Å². The summed E-state index contributed by atoms with van der Waals surface area (Å²) in [7, 11) is 0. The van der Waals surface area contributed by atoms with E-state index in [9.17, 15) is 9.90 Å². The van der Waals surface area contributed by atoms with Crippen molar-refractivity contribution in [3.05, 3.63) is 113 Å². The lowest BCUT2D eigenvalue weighted by Gasteiger charge is -2.21. The SMILES string of the molecule is Cc1c(C2C(=O)N(c3ccccc3)c3ccccc32)cc(-c2ccccc2)c(O)c1C. The Labute approximate surface area is 182 Å². The fourth-order valence-electron chi connectivity index (χ4n) is 4.53. The summed E-state index contributed by atoms with van der Waals surface area (Å²) < 4.78 is 0. The van der Waals surface area contributed by atoms with E-state index in [1.807, 2.05) is 110 Å². The van der Waals surface area contributed by atoms with Crippen LogP contribution in [0.3, 0.4) is 0 Å². The molecule has 31 heavy (non-hydrogen) atoms. The normalized spacial score (nSPS) is 15.2. The molecule has 0 fully saturated rings. The van der Waals surface area contributed by atoms with Gasteiger partial charge in [0, 0.05) is 11.3 Å². The third-order valence-corrected chi connectivity index (χ3v) is 6.27. The van der Waals surface area contributed by atoms with Crippen molar-refractivity contribution in [2.24, 2.45) is 0 Å². The van der Waals surface area contributed by atoms with E-state index in [-0.39, 0.29) is 11.7 Å². The lowest BCUT2D eigenvalue weighted by Crippen LogP contribution is -2.24. The summed E-state index contributed by atoms with van der Waals surface area (Å²) in [5.74, 6) is -0.121. The molecular weight excluding hydrogens is 382 g/mol. The molecule has 0 spiro atoms. The van der Waals surface area contributed by atoms with Gasteiger partial charge in [0.2, 0.25) is 5.91 Å². The highest BCUT2D eigenvalue weighted by Crippen LogP contribution is 2.48. The molecule has 3 heteroatoms. The van der Waals surface area contributed by atoms with Crippen molar-refractivity contribution in [1.82, 2.24) is 0 Å². The highest BCUT2D eigenvalue weighted by Gasteiger charge is 2.40. The second-order valence-electron chi connectivity index (χ2n) is 7.98. The molecule has 4 aromatic carbocycles. The molecule has 5 rings (SSSR count). The molecular formula is C28H23NO2. The minimum absolute atomic E-state index is 0.0274. The van der Waals surface area contributed by atoms with E-state index in [1.54, 1.807) is 0 Å². The van der Waals surface area contributed by atoms with Crippen LogP contribution in [-0.4, -0.2) is 11.0 Å². The van der Waals surface area contributed by atoms with Gasteiger partial charge in [-0.15, -0.1) is 0 Å². The average molecular weight is 405 g/mol. The number of phenolic OH excluding ortho intramolecular Hbond substituents is 1. The number of carbonyl (C=O) groups excluding carboxylic acids is 1. The molecule has 152 valence electrons. The van der Waals surface area contributed by atoms with Crippen LogP contribution in [0, 0.1) is 13.8 Å². The van der Waals surface area contributed by atoms with E-state index < -0.39 is 5.92 Å². The van der Waals surface area contributed by atoms with E-state index in [0.29, 0.717) is 0 Å². The molecule has 0 saturated carbocycles.